The highest BCUT2D eigenvalue weighted by Gasteiger charge is 2.08. The van der Waals surface area contributed by atoms with Gasteiger partial charge in [0.1, 0.15) is 12.0 Å². The SMILES string of the molecule is NCCCCCC(F)c1ccc(F)cc1. The van der Waals surface area contributed by atoms with Gasteiger partial charge in [0.15, 0.2) is 0 Å². The van der Waals surface area contributed by atoms with Crippen molar-refractivity contribution in [2.24, 2.45) is 5.73 Å². The predicted molar refractivity (Wildman–Crippen MR) is 57.8 cm³/mol. The molecule has 1 atom stereocenters. The summed E-state index contributed by atoms with van der Waals surface area (Å²) in [6, 6.07) is 5.59. The summed E-state index contributed by atoms with van der Waals surface area (Å²) in [5.41, 5.74) is 5.90. The minimum Gasteiger partial charge on any atom is -0.330 e. The first-order valence-corrected chi connectivity index (χ1v) is 5.33. The van der Waals surface area contributed by atoms with Crippen molar-refractivity contribution in [1.29, 1.82) is 0 Å². The highest BCUT2D eigenvalue weighted by molar-refractivity contribution is 5.18. The summed E-state index contributed by atoms with van der Waals surface area (Å²) in [4.78, 5) is 0. The molecule has 0 spiro atoms. The molecule has 0 aliphatic heterocycles. The Morgan fingerprint density at radius 3 is 2.33 bits per heavy atom. The molecule has 84 valence electrons. The Hall–Kier alpha value is -0.960. The van der Waals surface area contributed by atoms with Crippen LogP contribution in [0.1, 0.15) is 37.4 Å². The minimum absolute atomic E-state index is 0.325. The van der Waals surface area contributed by atoms with Crippen LogP contribution < -0.4 is 5.73 Å². The molecule has 0 radical (unpaired) electrons. The third kappa shape index (κ3) is 4.38. The van der Waals surface area contributed by atoms with Crippen molar-refractivity contribution in [3.8, 4) is 0 Å². The van der Waals surface area contributed by atoms with Gasteiger partial charge in [-0.05, 0) is 37.1 Å². The van der Waals surface area contributed by atoms with E-state index in [-0.39, 0.29) is 5.82 Å². The molecule has 2 N–H and O–H groups in total. The van der Waals surface area contributed by atoms with Crippen LogP contribution >= 0.6 is 0 Å². The zero-order valence-electron chi connectivity index (χ0n) is 8.76. The van der Waals surface area contributed by atoms with E-state index in [1.165, 1.54) is 24.3 Å². The molecule has 1 aromatic carbocycles. The van der Waals surface area contributed by atoms with Gasteiger partial charge < -0.3 is 5.73 Å². The molecule has 0 aromatic heterocycles. The van der Waals surface area contributed by atoms with E-state index in [1.807, 2.05) is 0 Å². The summed E-state index contributed by atoms with van der Waals surface area (Å²) in [5.74, 6) is -0.325. The first kappa shape index (κ1) is 12.1. The lowest BCUT2D eigenvalue weighted by molar-refractivity contribution is 0.313. The Morgan fingerprint density at radius 1 is 1.07 bits per heavy atom. The number of alkyl halides is 1. The fourth-order valence-electron chi connectivity index (χ4n) is 1.48. The molecule has 1 aromatic rings. The lowest BCUT2D eigenvalue weighted by atomic mass is 10.0. The predicted octanol–water partition coefficient (Wildman–Crippen LogP) is 3.36. The largest absolute Gasteiger partial charge is 0.330 e. The van der Waals surface area contributed by atoms with Crippen molar-refractivity contribution < 1.29 is 8.78 Å². The van der Waals surface area contributed by atoms with E-state index in [0.717, 1.165) is 19.3 Å². The maximum Gasteiger partial charge on any atom is 0.125 e. The topological polar surface area (TPSA) is 26.0 Å². The van der Waals surface area contributed by atoms with Crippen LogP contribution in [0.2, 0.25) is 0 Å². The molecule has 0 aliphatic rings. The van der Waals surface area contributed by atoms with E-state index in [1.54, 1.807) is 0 Å². The van der Waals surface area contributed by atoms with Gasteiger partial charge in [-0.1, -0.05) is 25.0 Å². The van der Waals surface area contributed by atoms with Crippen molar-refractivity contribution in [1.82, 2.24) is 0 Å². The van der Waals surface area contributed by atoms with Crippen LogP contribution in [0.5, 0.6) is 0 Å². The molecule has 1 nitrogen and oxygen atoms in total. The maximum atomic E-state index is 13.5. The Kier molecular flexibility index (Phi) is 5.26. The third-order valence-corrected chi connectivity index (χ3v) is 2.39. The molecule has 0 amide bonds. The molecule has 0 saturated carbocycles. The molecule has 15 heavy (non-hydrogen) atoms. The first-order chi connectivity index (χ1) is 7.24. The molecule has 0 fully saturated rings. The smallest absolute Gasteiger partial charge is 0.125 e. The fourth-order valence-corrected chi connectivity index (χ4v) is 1.48. The Labute approximate surface area is 89.3 Å². The van der Waals surface area contributed by atoms with Crippen LogP contribution in [0, 0.1) is 5.82 Å². The molecule has 0 bridgehead atoms. The Morgan fingerprint density at radius 2 is 1.73 bits per heavy atom. The lowest BCUT2D eigenvalue weighted by Crippen LogP contribution is -1.98. The van der Waals surface area contributed by atoms with Gasteiger partial charge in [-0.3, -0.25) is 0 Å². The second-order valence-corrected chi connectivity index (χ2v) is 3.66. The monoisotopic (exact) mass is 213 g/mol. The summed E-state index contributed by atoms with van der Waals surface area (Å²) in [5, 5.41) is 0. The van der Waals surface area contributed by atoms with E-state index >= 15 is 0 Å². The Balaban J connectivity index is 2.33. The van der Waals surface area contributed by atoms with Crippen LogP contribution in [0.4, 0.5) is 8.78 Å². The summed E-state index contributed by atoms with van der Waals surface area (Å²) in [6.45, 7) is 0.660. The normalized spacial score (nSPS) is 12.7. The number of rotatable bonds is 6. The number of benzene rings is 1. The first-order valence-electron chi connectivity index (χ1n) is 5.33. The van der Waals surface area contributed by atoms with E-state index < -0.39 is 6.17 Å². The van der Waals surface area contributed by atoms with Crippen LogP contribution in [0.3, 0.4) is 0 Å². The van der Waals surface area contributed by atoms with Crippen LogP contribution in [-0.4, -0.2) is 6.54 Å². The minimum atomic E-state index is -0.983. The zero-order chi connectivity index (χ0) is 11.1. The van der Waals surface area contributed by atoms with E-state index in [4.69, 9.17) is 5.73 Å². The second-order valence-electron chi connectivity index (χ2n) is 3.66. The molecular formula is C12H17F2N. The summed E-state index contributed by atoms with van der Waals surface area (Å²) in [6.07, 6.45) is 2.23. The number of hydrogen-bond donors (Lipinski definition) is 1. The maximum absolute atomic E-state index is 13.5. The molecule has 1 rings (SSSR count). The number of nitrogens with two attached hydrogens (primary N) is 1. The summed E-state index contributed by atoms with van der Waals surface area (Å²) < 4.78 is 26.1. The van der Waals surface area contributed by atoms with E-state index in [2.05, 4.69) is 0 Å². The van der Waals surface area contributed by atoms with Gasteiger partial charge in [-0.25, -0.2) is 8.78 Å². The average Bonchev–Trinajstić information content (AvgIpc) is 2.25. The number of halogens is 2. The van der Waals surface area contributed by atoms with Gasteiger partial charge in [0, 0.05) is 0 Å². The molecule has 0 saturated heterocycles. The van der Waals surface area contributed by atoms with E-state index in [9.17, 15) is 8.78 Å². The quantitative estimate of drug-likeness (QED) is 0.720. The highest BCUT2D eigenvalue weighted by atomic mass is 19.1. The van der Waals surface area contributed by atoms with Crippen molar-refractivity contribution in [3.05, 3.63) is 35.6 Å². The lowest BCUT2D eigenvalue weighted by Gasteiger charge is -2.07. The Bertz CT molecular complexity index is 271. The average molecular weight is 213 g/mol. The summed E-state index contributed by atoms with van der Waals surface area (Å²) >= 11 is 0. The van der Waals surface area contributed by atoms with Crippen molar-refractivity contribution >= 4 is 0 Å². The molecule has 0 heterocycles. The second kappa shape index (κ2) is 6.51. The van der Waals surface area contributed by atoms with Crippen LogP contribution in [-0.2, 0) is 0 Å². The standard InChI is InChI=1S/C12H17F2N/c13-11-7-5-10(6-8-11)12(14)4-2-1-3-9-15/h5-8,12H,1-4,9,15H2. The van der Waals surface area contributed by atoms with E-state index in [0.29, 0.717) is 18.5 Å². The van der Waals surface area contributed by atoms with Gasteiger partial charge in [-0.15, -0.1) is 0 Å². The summed E-state index contributed by atoms with van der Waals surface area (Å²) in [7, 11) is 0. The van der Waals surface area contributed by atoms with Crippen molar-refractivity contribution in [2.75, 3.05) is 6.54 Å². The molecule has 3 heteroatoms. The fraction of sp³-hybridized carbons (Fsp3) is 0.500. The zero-order valence-corrected chi connectivity index (χ0v) is 8.76. The highest BCUT2D eigenvalue weighted by Crippen LogP contribution is 2.23. The van der Waals surface area contributed by atoms with Crippen molar-refractivity contribution in [3.63, 3.8) is 0 Å². The van der Waals surface area contributed by atoms with Gasteiger partial charge in [0.05, 0.1) is 0 Å². The number of hydrogen-bond acceptors (Lipinski definition) is 1. The molecular weight excluding hydrogens is 196 g/mol. The third-order valence-electron chi connectivity index (χ3n) is 2.39. The molecule has 1 unspecified atom stereocenters. The van der Waals surface area contributed by atoms with Crippen molar-refractivity contribution in [2.45, 2.75) is 31.9 Å². The van der Waals surface area contributed by atoms with Gasteiger partial charge >= 0.3 is 0 Å². The van der Waals surface area contributed by atoms with Crippen LogP contribution in [0.25, 0.3) is 0 Å². The van der Waals surface area contributed by atoms with Gasteiger partial charge in [-0.2, -0.15) is 0 Å². The van der Waals surface area contributed by atoms with Gasteiger partial charge in [0.2, 0.25) is 0 Å². The number of unbranched alkanes of at least 4 members (excludes halogenated alkanes) is 2. The van der Waals surface area contributed by atoms with Crippen LogP contribution in [0.15, 0.2) is 24.3 Å². The van der Waals surface area contributed by atoms with Gasteiger partial charge in [0.25, 0.3) is 0 Å². The molecule has 0 aliphatic carbocycles.